The number of amides is 12. The smallest absolute Gasteiger partial charge is 0.248 e. The molecule has 0 aromatic heterocycles. The maximum Gasteiger partial charge on any atom is 0.248 e. The first-order valence-electron chi connectivity index (χ1n) is 30.7. The molecule has 87 heavy (non-hydrogen) atoms. The average molecular weight is 1220 g/mol. The van der Waals surface area contributed by atoms with Crippen molar-refractivity contribution in [2.75, 3.05) is 26.2 Å². The van der Waals surface area contributed by atoms with E-state index in [4.69, 9.17) is 0 Å². The Morgan fingerprint density at radius 1 is 0.494 bits per heavy atom. The van der Waals surface area contributed by atoms with Crippen molar-refractivity contribution in [1.82, 2.24) is 62.6 Å². The largest absolute Gasteiger partial charge is 0.394 e. The minimum atomic E-state index is -1.63. The number of aliphatic hydroxyl groups excluding tert-OH is 1. The quantitative estimate of drug-likeness (QED) is 0.0561. The highest BCUT2D eigenvalue weighted by Gasteiger charge is 2.48. The predicted molar refractivity (Wildman–Crippen MR) is 325 cm³/mol. The number of nitrogens with zero attached hydrogens (tertiary/aromatic N) is 3. The van der Waals surface area contributed by atoms with Gasteiger partial charge in [0.2, 0.25) is 70.9 Å². The van der Waals surface area contributed by atoms with E-state index in [0.29, 0.717) is 38.5 Å². The summed E-state index contributed by atoms with van der Waals surface area (Å²) >= 11 is 0. The van der Waals surface area contributed by atoms with Gasteiger partial charge in [0.1, 0.15) is 64.4 Å². The molecule has 3 aliphatic rings. The van der Waals surface area contributed by atoms with Crippen LogP contribution in [-0.2, 0) is 64.0 Å². The molecule has 25 nitrogen and oxygen atoms in total. The Labute approximate surface area is 513 Å². The number of hydrogen-bond acceptors (Lipinski definition) is 13. The molecule has 3 saturated heterocycles. The topological polar surface area (TPSA) is 343 Å². The maximum absolute atomic E-state index is 14.4. The van der Waals surface area contributed by atoms with E-state index >= 15 is 0 Å². The summed E-state index contributed by atoms with van der Waals surface area (Å²) in [5.74, 6) is -7.54. The van der Waals surface area contributed by atoms with Crippen LogP contribution in [0.4, 0.5) is 0 Å². The highest BCUT2D eigenvalue weighted by Crippen LogP contribution is 2.27. The van der Waals surface area contributed by atoms with Gasteiger partial charge in [0.15, 0.2) is 0 Å². The monoisotopic (exact) mass is 1220 g/mol. The number of carbonyl (C=O) groups is 12. The molecule has 1 aromatic carbocycles. The van der Waals surface area contributed by atoms with Gasteiger partial charge in [0.05, 0.1) is 12.6 Å². The molecule has 0 aliphatic carbocycles. The highest BCUT2D eigenvalue weighted by molar-refractivity contribution is 6.01. The number of aliphatic hydroxyl groups is 1. The van der Waals surface area contributed by atoms with Gasteiger partial charge in [-0.2, -0.15) is 0 Å². The summed E-state index contributed by atoms with van der Waals surface area (Å²) < 4.78 is 0. The van der Waals surface area contributed by atoms with Crippen LogP contribution in [0.25, 0.3) is 0 Å². The molecule has 12 amide bonds. The molecule has 0 saturated carbocycles. The van der Waals surface area contributed by atoms with E-state index in [1.165, 1.54) is 83.9 Å². The number of likely N-dealkylation sites (tertiary alicyclic amines) is 3. The van der Waals surface area contributed by atoms with E-state index in [1.54, 1.807) is 13.8 Å². The number of hydrogen-bond donors (Lipinski definition) is 10. The van der Waals surface area contributed by atoms with Crippen molar-refractivity contribution < 1.29 is 62.6 Å². The van der Waals surface area contributed by atoms with Crippen LogP contribution < -0.4 is 47.9 Å². The number of carbonyl (C=O) groups excluding carboxylic acids is 12. The molecular formula is C62H100N12O13. The SMILES string of the molecule is CC(=O)N[C@@H](CC(C)C)C(=O)NC(C)(C)C(=O)N1CCC[C@H]1C(=O)NC(C)(C)C(=O)N[C@@H](CC(C)C)C(=O)NC(C)(C)C(=O)N1CCC[C@H]1C(=O)N[C@@H](C)C(=O)NC(C)(C)C(=O)N1CCC[C@H]1C(=O)N[C@H](C(=O)NC(CO)Cc1ccccc1)C(C)C. The average Bonchev–Trinajstić information content (AvgIpc) is 2.32. The summed E-state index contributed by atoms with van der Waals surface area (Å²) in [6.45, 7) is 25.8. The summed E-state index contributed by atoms with van der Waals surface area (Å²) in [6.07, 6.45) is 3.03. The van der Waals surface area contributed by atoms with Crippen LogP contribution >= 0.6 is 0 Å². The molecule has 10 N–H and O–H groups in total. The van der Waals surface area contributed by atoms with Gasteiger partial charge in [-0.3, -0.25) is 57.5 Å². The van der Waals surface area contributed by atoms with Crippen LogP contribution in [0.2, 0.25) is 0 Å². The van der Waals surface area contributed by atoms with E-state index < -0.39 is 141 Å². The summed E-state index contributed by atoms with van der Waals surface area (Å²) in [5.41, 5.74) is -5.38. The van der Waals surface area contributed by atoms with Crippen molar-refractivity contribution in [3.05, 3.63) is 35.9 Å². The Morgan fingerprint density at radius 3 is 1.30 bits per heavy atom. The van der Waals surface area contributed by atoms with Crippen molar-refractivity contribution in [1.29, 1.82) is 0 Å². The van der Waals surface area contributed by atoms with Crippen molar-refractivity contribution in [2.24, 2.45) is 17.8 Å². The van der Waals surface area contributed by atoms with E-state index in [-0.39, 0.29) is 63.3 Å². The molecule has 1 unspecified atom stereocenters. The number of rotatable bonds is 28. The minimum absolute atomic E-state index is 0.0558. The van der Waals surface area contributed by atoms with E-state index in [0.717, 1.165) is 5.56 Å². The second-order valence-corrected chi connectivity index (χ2v) is 27.0. The van der Waals surface area contributed by atoms with Gasteiger partial charge >= 0.3 is 0 Å². The second-order valence-electron chi connectivity index (χ2n) is 27.0. The molecule has 1 aromatic rings. The predicted octanol–water partition coefficient (Wildman–Crippen LogP) is 0.986. The van der Waals surface area contributed by atoms with E-state index in [1.807, 2.05) is 58.0 Å². The van der Waals surface area contributed by atoms with Gasteiger partial charge in [0.25, 0.3) is 0 Å². The molecule has 0 bridgehead atoms. The Balaban J connectivity index is 1.35. The fourth-order valence-electron chi connectivity index (χ4n) is 11.2. The van der Waals surface area contributed by atoms with Crippen LogP contribution in [0.1, 0.15) is 168 Å². The number of benzene rings is 1. The van der Waals surface area contributed by atoms with Gasteiger partial charge in [-0.05, 0) is 143 Å². The molecular weight excluding hydrogens is 1120 g/mol. The lowest BCUT2D eigenvalue weighted by Crippen LogP contribution is -2.65. The van der Waals surface area contributed by atoms with Gasteiger partial charge in [0, 0.05) is 26.6 Å². The summed E-state index contributed by atoms with van der Waals surface area (Å²) in [7, 11) is 0. The second kappa shape index (κ2) is 30.6. The van der Waals surface area contributed by atoms with Crippen molar-refractivity contribution in [3.8, 4) is 0 Å². The van der Waals surface area contributed by atoms with Gasteiger partial charge in [-0.25, -0.2) is 0 Å². The lowest BCUT2D eigenvalue weighted by atomic mass is 9.97. The highest BCUT2D eigenvalue weighted by atomic mass is 16.3. The standard InChI is InChI=1S/C62H100N12O13/c1-35(2)31-42(64-39(8)76)49(78)69-62(15,16)58(87)74-30-22-27-46(74)53(82)71-59(9,10)55(84)66-43(32-36(3)4)50(79)70-61(13,14)57(86)72-28-20-25-44(72)51(80)63-38(7)48(77)68-60(11,12)56(85)73-29-21-26-45(73)52(81)67-47(37(5)6)54(83)65-41(34-75)33-40-23-18-17-19-24-40/h17-19,23-24,35-38,41-47,75H,20-22,25-34H2,1-16H3,(H,63,80)(H,64,76)(H,65,83)(H,66,84)(H,67,81)(H,68,77)(H,69,78)(H,70,79)(H,71,82)/t38-,41?,42-,43-,44-,45-,46-,47-/m0/s1. The van der Waals surface area contributed by atoms with Crippen LogP contribution in [0.3, 0.4) is 0 Å². The molecule has 4 rings (SSSR count). The van der Waals surface area contributed by atoms with Crippen LogP contribution in [-0.4, -0.2) is 187 Å². The molecule has 486 valence electrons. The molecule has 25 heteroatoms. The third kappa shape index (κ3) is 19.9. The first-order valence-corrected chi connectivity index (χ1v) is 30.7. The Kier molecular flexibility index (Phi) is 25.5. The Morgan fingerprint density at radius 2 is 0.897 bits per heavy atom. The Bertz CT molecular complexity index is 2680. The fourth-order valence-corrected chi connectivity index (χ4v) is 11.2. The molecule has 0 radical (unpaired) electrons. The summed E-state index contributed by atoms with van der Waals surface area (Å²) in [6, 6.07) is 1.50. The lowest BCUT2D eigenvalue weighted by Gasteiger charge is -2.36. The van der Waals surface area contributed by atoms with Gasteiger partial charge in [-0.15, -0.1) is 0 Å². The molecule has 3 fully saturated rings. The van der Waals surface area contributed by atoms with Crippen molar-refractivity contribution in [3.63, 3.8) is 0 Å². The number of nitrogens with one attached hydrogen (secondary N) is 9. The molecule has 8 atom stereocenters. The van der Waals surface area contributed by atoms with E-state index in [2.05, 4.69) is 47.9 Å². The zero-order valence-electron chi connectivity index (χ0n) is 54.1. The Hall–Kier alpha value is -7.18. The van der Waals surface area contributed by atoms with Crippen molar-refractivity contribution >= 4 is 70.9 Å². The van der Waals surface area contributed by atoms with E-state index in [9.17, 15) is 62.6 Å². The fraction of sp³-hybridized carbons (Fsp3) is 0.710. The zero-order chi connectivity index (χ0) is 65.7. The maximum atomic E-state index is 14.4. The third-order valence-corrected chi connectivity index (χ3v) is 16.0. The van der Waals surface area contributed by atoms with Crippen LogP contribution in [0.5, 0.6) is 0 Å². The molecule has 3 aliphatic heterocycles. The third-order valence-electron chi connectivity index (χ3n) is 16.0. The first kappa shape index (κ1) is 72.3. The normalized spacial score (nSPS) is 19.1. The molecule has 3 heterocycles. The first-order chi connectivity index (χ1) is 40.3. The summed E-state index contributed by atoms with van der Waals surface area (Å²) in [4.78, 5) is 169. The molecule has 0 spiro atoms. The van der Waals surface area contributed by atoms with Crippen LogP contribution in [0, 0.1) is 17.8 Å². The zero-order valence-corrected chi connectivity index (χ0v) is 54.1. The van der Waals surface area contributed by atoms with Gasteiger partial charge in [-0.1, -0.05) is 71.9 Å². The van der Waals surface area contributed by atoms with Crippen LogP contribution in [0.15, 0.2) is 30.3 Å². The van der Waals surface area contributed by atoms with Gasteiger partial charge < -0.3 is 67.7 Å². The van der Waals surface area contributed by atoms with Crippen molar-refractivity contribution in [2.45, 2.75) is 239 Å². The minimum Gasteiger partial charge on any atom is -0.394 e. The lowest BCUT2D eigenvalue weighted by molar-refractivity contribution is -0.146. The summed E-state index contributed by atoms with van der Waals surface area (Å²) in [5, 5.41) is 34.7.